The molecule has 1 heterocycles. The van der Waals surface area contributed by atoms with E-state index in [0.717, 1.165) is 4.31 Å². The molecule has 1 aliphatic carbocycles. The first kappa shape index (κ1) is 16.9. The third kappa shape index (κ3) is 2.40. The van der Waals surface area contributed by atoms with Crippen LogP contribution in [0.15, 0.2) is 42.0 Å². The fourth-order valence-electron chi connectivity index (χ4n) is 3.44. The van der Waals surface area contributed by atoms with E-state index in [1.807, 2.05) is 13.3 Å². The molecule has 5 nitrogen and oxygen atoms in total. The van der Waals surface area contributed by atoms with E-state index in [1.165, 1.54) is 13.1 Å². The van der Waals surface area contributed by atoms with Gasteiger partial charge in [-0.1, -0.05) is 37.3 Å². The molecule has 1 spiro atoms. The number of sulfonamides is 1. The Hall–Kier alpha value is -1.95. The van der Waals surface area contributed by atoms with Crippen LogP contribution in [-0.4, -0.2) is 36.2 Å². The summed E-state index contributed by atoms with van der Waals surface area (Å²) in [4.78, 5) is 25.1. The number of carbonyl (C=O) groups is 2. The molecule has 1 aromatic carbocycles. The van der Waals surface area contributed by atoms with E-state index in [-0.39, 0.29) is 17.8 Å². The molecule has 24 heavy (non-hydrogen) atoms. The number of amides is 1. The van der Waals surface area contributed by atoms with Gasteiger partial charge in [-0.25, -0.2) is 12.7 Å². The topological polar surface area (TPSA) is 71.5 Å². The molecular weight excluding hydrogens is 326 g/mol. The maximum Gasteiger partial charge on any atom is 0.264 e. The van der Waals surface area contributed by atoms with Crippen molar-refractivity contribution in [3.8, 4) is 0 Å². The lowest BCUT2D eigenvalue weighted by Crippen LogP contribution is -2.42. The van der Waals surface area contributed by atoms with Gasteiger partial charge in [0.05, 0.1) is 0 Å². The fourth-order valence-corrected chi connectivity index (χ4v) is 5.38. The Bertz CT molecular complexity index is 803. The quantitative estimate of drug-likeness (QED) is 0.609. The zero-order chi connectivity index (χ0) is 17.5. The highest BCUT2D eigenvalue weighted by Crippen LogP contribution is 2.48. The zero-order valence-electron chi connectivity index (χ0n) is 13.7. The normalized spacial score (nSPS) is 30.9. The van der Waals surface area contributed by atoms with Crippen LogP contribution >= 0.6 is 0 Å². The molecule has 1 radical (unpaired) electrons. The number of ketones is 1. The fraction of sp³-hybridized carbons (Fsp3) is 0.389. The Balaban J connectivity index is 2.09. The second-order valence-corrected chi connectivity index (χ2v) is 8.80. The summed E-state index contributed by atoms with van der Waals surface area (Å²) >= 11 is 0. The minimum Gasteiger partial charge on any atom is -0.289 e. The van der Waals surface area contributed by atoms with E-state index in [4.69, 9.17) is 0 Å². The average molecular weight is 346 g/mol. The minimum atomic E-state index is -3.81. The molecule has 2 fully saturated rings. The zero-order valence-corrected chi connectivity index (χ0v) is 14.5. The second kappa shape index (κ2) is 5.84. The molecule has 1 aromatic rings. The van der Waals surface area contributed by atoms with Crippen LogP contribution in [0.3, 0.4) is 0 Å². The van der Waals surface area contributed by atoms with Crippen LogP contribution in [0.25, 0.3) is 0 Å². The van der Waals surface area contributed by atoms with E-state index < -0.39 is 20.7 Å². The van der Waals surface area contributed by atoms with Crippen molar-refractivity contribution in [2.75, 3.05) is 7.05 Å². The van der Waals surface area contributed by atoms with Crippen molar-refractivity contribution in [2.45, 2.75) is 30.9 Å². The number of nitrogens with zero attached hydrogens (tertiary/aromatic N) is 1. The summed E-state index contributed by atoms with van der Waals surface area (Å²) < 4.78 is 25.2. The molecule has 3 rings (SSSR count). The molecule has 1 aliphatic heterocycles. The van der Waals surface area contributed by atoms with Crippen LogP contribution in [-0.2, 0) is 14.8 Å². The van der Waals surface area contributed by atoms with Gasteiger partial charge in [0.15, 0.2) is 5.78 Å². The molecule has 1 saturated heterocycles. The highest BCUT2D eigenvalue weighted by Gasteiger charge is 2.60. The van der Waals surface area contributed by atoms with Gasteiger partial charge in [0, 0.05) is 18.2 Å². The van der Waals surface area contributed by atoms with Gasteiger partial charge in [-0.3, -0.25) is 9.59 Å². The highest BCUT2D eigenvalue weighted by atomic mass is 32.2. The maximum absolute atomic E-state index is 12.8. The Morgan fingerprint density at radius 1 is 1.29 bits per heavy atom. The first-order chi connectivity index (χ1) is 11.3. The molecule has 2 unspecified atom stereocenters. The number of rotatable bonds is 2. The molecular formula is C18H20NO4S. The van der Waals surface area contributed by atoms with Gasteiger partial charge in [0.25, 0.3) is 5.91 Å². The lowest BCUT2D eigenvalue weighted by Gasteiger charge is -2.34. The maximum atomic E-state index is 12.8. The minimum absolute atomic E-state index is 0.0991. The van der Waals surface area contributed by atoms with Gasteiger partial charge in [0.1, 0.15) is 4.75 Å². The summed E-state index contributed by atoms with van der Waals surface area (Å²) in [6.45, 7) is 2.03. The van der Waals surface area contributed by atoms with Crippen LogP contribution in [0, 0.1) is 12.3 Å². The molecule has 0 bridgehead atoms. The Morgan fingerprint density at radius 2 is 1.96 bits per heavy atom. The van der Waals surface area contributed by atoms with Crippen molar-refractivity contribution in [3.05, 3.63) is 54.0 Å². The molecule has 6 heteroatoms. The monoisotopic (exact) mass is 346 g/mol. The molecule has 1 amide bonds. The molecule has 1 saturated carbocycles. The molecule has 0 N–H and O–H groups in total. The summed E-state index contributed by atoms with van der Waals surface area (Å²) in [6.07, 6.45) is 4.46. The summed E-state index contributed by atoms with van der Waals surface area (Å²) in [5.74, 6) is -0.636. The lowest BCUT2D eigenvalue weighted by atomic mass is 9.77. The third-order valence-electron chi connectivity index (χ3n) is 5.05. The van der Waals surface area contributed by atoms with Crippen LogP contribution in [0.4, 0.5) is 0 Å². The third-order valence-corrected chi connectivity index (χ3v) is 7.51. The predicted molar refractivity (Wildman–Crippen MR) is 90.6 cm³/mol. The summed E-state index contributed by atoms with van der Waals surface area (Å²) in [7, 11) is -2.54. The number of likely N-dealkylation sites (N-methyl/N-ethyl adjacent to an activating group) is 1. The van der Waals surface area contributed by atoms with Crippen LogP contribution < -0.4 is 0 Å². The first-order valence-corrected chi connectivity index (χ1v) is 9.41. The van der Waals surface area contributed by atoms with Crippen LogP contribution in [0.1, 0.15) is 36.5 Å². The number of hydrogen-bond donors (Lipinski definition) is 0. The second-order valence-electron chi connectivity index (χ2n) is 6.52. The average Bonchev–Trinajstić information content (AvgIpc) is 2.71. The van der Waals surface area contributed by atoms with Crippen molar-refractivity contribution in [1.82, 2.24) is 4.31 Å². The van der Waals surface area contributed by atoms with E-state index in [1.54, 1.807) is 30.3 Å². The van der Waals surface area contributed by atoms with Crippen molar-refractivity contribution < 1.29 is 18.0 Å². The van der Waals surface area contributed by atoms with E-state index in [0.29, 0.717) is 24.3 Å². The van der Waals surface area contributed by atoms with E-state index in [9.17, 15) is 18.0 Å². The molecule has 0 aromatic heterocycles. The highest BCUT2D eigenvalue weighted by molar-refractivity contribution is 7.92. The molecule has 2 aliphatic rings. The van der Waals surface area contributed by atoms with Crippen molar-refractivity contribution in [1.29, 1.82) is 0 Å². The first-order valence-electron chi connectivity index (χ1n) is 7.97. The van der Waals surface area contributed by atoms with Gasteiger partial charge >= 0.3 is 0 Å². The number of carbonyl (C=O) groups excluding carboxylic acids is 2. The van der Waals surface area contributed by atoms with Crippen molar-refractivity contribution >= 4 is 21.7 Å². The molecule has 127 valence electrons. The van der Waals surface area contributed by atoms with Gasteiger partial charge in [-0.15, -0.1) is 0 Å². The molecule has 2 atom stereocenters. The van der Waals surface area contributed by atoms with Crippen LogP contribution in [0.5, 0.6) is 0 Å². The predicted octanol–water partition coefficient (Wildman–Crippen LogP) is 2.36. The lowest BCUT2D eigenvalue weighted by molar-refractivity contribution is -0.121. The van der Waals surface area contributed by atoms with Gasteiger partial charge in [-0.2, -0.15) is 0 Å². The number of hydrogen-bond acceptors (Lipinski definition) is 4. The van der Waals surface area contributed by atoms with Gasteiger partial charge < -0.3 is 0 Å². The summed E-state index contributed by atoms with van der Waals surface area (Å²) in [6, 6.07) is 8.56. The van der Waals surface area contributed by atoms with Gasteiger partial charge in [0.2, 0.25) is 10.0 Å². The largest absolute Gasteiger partial charge is 0.289 e. The Labute approximate surface area is 142 Å². The number of benzene rings is 1. The van der Waals surface area contributed by atoms with Crippen molar-refractivity contribution in [3.63, 3.8) is 0 Å². The summed E-state index contributed by atoms with van der Waals surface area (Å²) in [5, 5.41) is 0. The Kier molecular flexibility index (Phi) is 4.11. The Morgan fingerprint density at radius 3 is 2.54 bits per heavy atom. The van der Waals surface area contributed by atoms with Crippen LogP contribution in [0.2, 0.25) is 0 Å². The van der Waals surface area contributed by atoms with E-state index >= 15 is 0 Å². The SMILES string of the molecule is CC1[CH]CC2(CC1)/C(=C/C(=O)c1ccccc1)C(=O)N(C)S2(=O)=O. The smallest absolute Gasteiger partial charge is 0.264 e. The number of allylic oxidation sites excluding steroid dienone is 1. The van der Waals surface area contributed by atoms with Crippen molar-refractivity contribution in [2.24, 2.45) is 5.92 Å². The standard InChI is InChI=1S/C18H20NO4S/c1-13-8-10-18(11-9-13)15(17(21)19(2)24(18,22)23)12-16(20)14-6-4-3-5-7-14/h3-8,12-13H,9-11H2,1-2H3/b15-12+. The van der Waals surface area contributed by atoms with E-state index in [2.05, 4.69) is 0 Å². The summed E-state index contributed by atoms with van der Waals surface area (Å²) in [5.41, 5.74) is 0.537. The van der Waals surface area contributed by atoms with Gasteiger partial charge in [-0.05, 0) is 37.7 Å².